The maximum atomic E-state index is 12.8. The molecule has 1 aliphatic rings. The Morgan fingerprint density at radius 2 is 2.12 bits per heavy atom. The average molecular weight is 324 g/mol. The minimum absolute atomic E-state index is 0.000288. The number of piperidine rings is 1. The second kappa shape index (κ2) is 6.83. The fraction of sp³-hybridized carbons (Fsp3) is 0.316. The third kappa shape index (κ3) is 3.30. The van der Waals surface area contributed by atoms with Crippen LogP contribution in [0.5, 0.6) is 0 Å². The van der Waals surface area contributed by atoms with Gasteiger partial charge in [0, 0.05) is 31.4 Å². The molecule has 0 saturated carbocycles. The van der Waals surface area contributed by atoms with Crippen molar-refractivity contribution in [1.29, 1.82) is 0 Å². The van der Waals surface area contributed by atoms with E-state index in [2.05, 4.69) is 4.98 Å². The molecule has 1 N–H and O–H groups in total. The number of hydrogen-bond donors (Lipinski definition) is 1. The predicted molar refractivity (Wildman–Crippen MR) is 90.3 cm³/mol. The Balaban J connectivity index is 1.80. The lowest BCUT2D eigenvalue weighted by molar-refractivity contribution is 0.0687. The SMILES string of the molecule is Cc1ccncc1C(=O)N1CCC[C@H](c2cccc(C(=O)O)c2)C1. The number of hydrogen-bond acceptors (Lipinski definition) is 3. The molecular weight excluding hydrogens is 304 g/mol. The van der Waals surface area contributed by atoms with Crippen molar-refractivity contribution in [2.24, 2.45) is 0 Å². The molecule has 1 atom stereocenters. The van der Waals surface area contributed by atoms with Crippen molar-refractivity contribution in [3.8, 4) is 0 Å². The molecule has 1 aromatic carbocycles. The van der Waals surface area contributed by atoms with Gasteiger partial charge in [-0.15, -0.1) is 0 Å². The monoisotopic (exact) mass is 324 g/mol. The zero-order valence-corrected chi connectivity index (χ0v) is 13.6. The van der Waals surface area contributed by atoms with Crippen LogP contribution in [0.4, 0.5) is 0 Å². The van der Waals surface area contributed by atoms with E-state index in [9.17, 15) is 9.59 Å². The molecule has 5 heteroatoms. The molecule has 2 heterocycles. The van der Waals surface area contributed by atoms with Gasteiger partial charge in [0.25, 0.3) is 5.91 Å². The number of carbonyl (C=O) groups excluding carboxylic acids is 1. The first kappa shape index (κ1) is 16.2. The summed E-state index contributed by atoms with van der Waals surface area (Å²) in [4.78, 5) is 29.8. The van der Waals surface area contributed by atoms with Crippen molar-refractivity contribution in [1.82, 2.24) is 9.88 Å². The standard InChI is InChI=1S/C19H20N2O3/c1-13-7-8-20-11-17(13)18(22)21-9-3-6-16(12-21)14-4-2-5-15(10-14)19(23)24/h2,4-5,7-8,10-11,16H,3,6,9,12H2,1H3,(H,23,24)/t16-/m0/s1. The largest absolute Gasteiger partial charge is 0.478 e. The van der Waals surface area contributed by atoms with E-state index in [-0.39, 0.29) is 11.8 Å². The molecule has 1 aromatic heterocycles. The first-order valence-corrected chi connectivity index (χ1v) is 8.09. The summed E-state index contributed by atoms with van der Waals surface area (Å²) in [7, 11) is 0. The van der Waals surface area contributed by atoms with Crippen molar-refractivity contribution in [2.45, 2.75) is 25.7 Å². The maximum absolute atomic E-state index is 12.8. The lowest BCUT2D eigenvalue weighted by Gasteiger charge is -2.33. The smallest absolute Gasteiger partial charge is 0.335 e. The second-order valence-electron chi connectivity index (χ2n) is 6.21. The van der Waals surface area contributed by atoms with Crippen LogP contribution in [0.15, 0.2) is 42.7 Å². The molecule has 0 unspecified atom stereocenters. The molecule has 1 amide bonds. The summed E-state index contributed by atoms with van der Waals surface area (Å²) in [6, 6.07) is 8.86. The van der Waals surface area contributed by atoms with E-state index in [0.29, 0.717) is 17.7 Å². The van der Waals surface area contributed by atoms with Crippen molar-refractivity contribution < 1.29 is 14.7 Å². The highest BCUT2D eigenvalue weighted by molar-refractivity contribution is 5.95. The first-order chi connectivity index (χ1) is 11.6. The number of nitrogens with zero attached hydrogens (tertiary/aromatic N) is 2. The van der Waals surface area contributed by atoms with Gasteiger partial charge in [0.2, 0.25) is 0 Å². The number of carboxylic acids is 1. The minimum Gasteiger partial charge on any atom is -0.478 e. The fourth-order valence-electron chi connectivity index (χ4n) is 3.22. The molecule has 5 nitrogen and oxygen atoms in total. The van der Waals surface area contributed by atoms with Crippen LogP contribution in [0, 0.1) is 6.92 Å². The van der Waals surface area contributed by atoms with E-state index in [4.69, 9.17) is 5.11 Å². The van der Waals surface area contributed by atoms with E-state index < -0.39 is 5.97 Å². The molecule has 1 saturated heterocycles. The summed E-state index contributed by atoms with van der Waals surface area (Å²) in [5.74, 6) is -0.759. The number of aryl methyl sites for hydroxylation is 1. The topological polar surface area (TPSA) is 70.5 Å². The van der Waals surface area contributed by atoms with Crippen LogP contribution in [-0.2, 0) is 0 Å². The van der Waals surface area contributed by atoms with Gasteiger partial charge in [0.15, 0.2) is 0 Å². The molecule has 1 fully saturated rings. The Labute approximate surface area is 140 Å². The molecule has 124 valence electrons. The molecular formula is C19H20N2O3. The average Bonchev–Trinajstić information content (AvgIpc) is 2.62. The van der Waals surface area contributed by atoms with Crippen LogP contribution in [0.25, 0.3) is 0 Å². The zero-order valence-electron chi connectivity index (χ0n) is 13.6. The van der Waals surface area contributed by atoms with Gasteiger partial charge in [-0.3, -0.25) is 9.78 Å². The van der Waals surface area contributed by atoms with E-state index >= 15 is 0 Å². The highest BCUT2D eigenvalue weighted by atomic mass is 16.4. The maximum Gasteiger partial charge on any atom is 0.335 e. The number of aromatic carboxylic acids is 1. The lowest BCUT2D eigenvalue weighted by atomic mass is 9.89. The molecule has 1 aliphatic heterocycles. The Bertz CT molecular complexity index is 773. The molecule has 0 aliphatic carbocycles. The Kier molecular flexibility index (Phi) is 4.60. The minimum atomic E-state index is -0.924. The number of amides is 1. The number of likely N-dealkylation sites (tertiary alicyclic amines) is 1. The normalized spacial score (nSPS) is 17.5. The molecule has 0 spiro atoms. The van der Waals surface area contributed by atoms with Crippen molar-refractivity contribution in [3.05, 3.63) is 65.0 Å². The van der Waals surface area contributed by atoms with Gasteiger partial charge in [-0.05, 0) is 49.1 Å². The lowest BCUT2D eigenvalue weighted by Crippen LogP contribution is -2.39. The van der Waals surface area contributed by atoms with Gasteiger partial charge in [-0.25, -0.2) is 4.79 Å². The third-order valence-electron chi connectivity index (χ3n) is 4.58. The second-order valence-corrected chi connectivity index (χ2v) is 6.21. The quantitative estimate of drug-likeness (QED) is 0.942. The van der Waals surface area contributed by atoms with Crippen LogP contribution in [0.3, 0.4) is 0 Å². The van der Waals surface area contributed by atoms with Crippen LogP contribution >= 0.6 is 0 Å². The van der Waals surface area contributed by atoms with Crippen LogP contribution in [-0.4, -0.2) is 40.0 Å². The van der Waals surface area contributed by atoms with E-state index in [1.54, 1.807) is 30.6 Å². The van der Waals surface area contributed by atoms with Crippen molar-refractivity contribution >= 4 is 11.9 Å². The van der Waals surface area contributed by atoms with Crippen molar-refractivity contribution in [3.63, 3.8) is 0 Å². The summed E-state index contributed by atoms with van der Waals surface area (Å²) in [6.07, 6.45) is 5.17. The predicted octanol–water partition coefficient (Wildman–Crippen LogP) is 3.11. The van der Waals surface area contributed by atoms with Crippen molar-refractivity contribution in [2.75, 3.05) is 13.1 Å². The van der Waals surface area contributed by atoms with Gasteiger partial charge in [0.1, 0.15) is 0 Å². The van der Waals surface area contributed by atoms with Crippen LogP contribution < -0.4 is 0 Å². The number of aromatic nitrogens is 1. The highest BCUT2D eigenvalue weighted by Crippen LogP contribution is 2.28. The summed E-state index contributed by atoms with van der Waals surface area (Å²) < 4.78 is 0. The Morgan fingerprint density at radius 1 is 1.29 bits per heavy atom. The van der Waals surface area contributed by atoms with E-state index in [1.165, 1.54) is 0 Å². The number of benzene rings is 1. The van der Waals surface area contributed by atoms with Gasteiger partial charge in [-0.2, -0.15) is 0 Å². The number of carbonyl (C=O) groups is 2. The Hall–Kier alpha value is -2.69. The molecule has 3 rings (SSSR count). The fourth-order valence-corrected chi connectivity index (χ4v) is 3.22. The summed E-state index contributed by atoms with van der Waals surface area (Å²) in [6.45, 7) is 3.24. The number of rotatable bonds is 3. The summed E-state index contributed by atoms with van der Waals surface area (Å²) in [5, 5.41) is 9.16. The summed E-state index contributed by atoms with van der Waals surface area (Å²) >= 11 is 0. The van der Waals surface area contributed by atoms with E-state index in [1.807, 2.05) is 24.0 Å². The molecule has 2 aromatic rings. The number of carboxylic acid groups (broad SMARTS) is 1. The molecule has 0 bridgehead atoms. The van der Waals surface area contributed by atoms with Crippen LogP contribution in [0.2, 0.25) is 0 Å². The zero-order chi connectivity index (χ0) is 17.1. The highest BCUT2D eigenvalue weighted by Gasteiger charge is 2.26. The molecule has 0 radical (unpaired) electrons. The van der Waals surface area contributed by atoms with Gasteiger partial charge in [0.05, 0.1) is 11.1 Å². The van der Waals surface area contributed by atoms with Gasteiger partial charge >= 0.3 is 5.97 Å². The van der Waals surface area contributed by atoms with Gasteiger partial charge in [-0.1, -0.05) is 12.1 Å². The summed E-state index contributed by atoms with van der Waals surface area (Å²) in [5.41, 5.74) is 2.83. The molecule has 24 heavy (non-hydrogen) atoms. The first-order valence-electron chi connectivity index (χ1n) is 8.09. The third-order valence-corrected chi connectivity index (χ3v) is 4.58. The van der Waals surface area contributed by atoms with Crippen LogP contribution in [0.1, 0.15) is 50.6 Å². The van der Waals surface area contributed by atoms with E-state index in [0.717, 1.165) is 30.5 Å². The number of pyridine rings is 1. The van der Waals surface area contributed by atoms with Gasteiger partial charge < -0.3 is 10.0 Å². The Morgan fingerprint density at radius 3 is 2.88 bits per heavy atom.